The minimum Gasteiger partial charge on any atom is -0.396 e. The summed E-state index contributed by atoms with van der Waals surface area (Å²) in [5.41, 5.74) is 0.932. The van der Waals surface area contributed by atoms with Crippen molar-refractivity contribution in [1.82, 2.24) is 4.90 Å². The molecule has 0 spiro atoms. The Morgan fingerprint density at radius 3 is 2.85 bits per heavy atom. The van der Waals surface area contributed by atoms with Crippen molar-refractivity contribution in [3.05, 3.63) is 30.3 Å². The summed E-state index contributed by atoms with van der Waals surface area (Å²) in [7, 11) is 1.83. The second kappa shape index (κ2) is 7.41. The molecule has 20 heavy (non-hydrogen) atoms. The van der Waals surface area contributed by atoms with Gasteiger partial charge >= 0.3 is 0 Å². The smallest absolute Gasteiger partial charge is 0.240 e. The highest BCUT2D eigenvalue weighted by Crippen LogP contribution is 2.19. The Balaban J connectivity index is 1.87. The van der Waals surface area contributed by atoms with Crippen LogP contribution in [0.1, 0.15) is 19.3 Å². The van der Waals surface area contributed by atoms with E-state index in [0.29, 0.717) is 12.5 Å². The maximum atomic E-state index is 12.3. The number of benzene rings is 1. The van der Waals surface area contributed by atoms with E-state index in [1.165, 1.54) is 6.42 Å². The summed E-state index contributed by atoms with van der Waals surface area (Å²) in [4.78, 5) is 16.2. The van der Waals surface area contributed by atoms with Crippen LogP contribution in [0.25, 0.3) is 0 Å². The lowest BCUT2D eigenvalue weighted by Gasteiger charge is -2.33. The molecule has 1 aliphatic heterocycles. The number of amides is 1. The molecule has 0 aromatic heterocycles. The van der Waals surface area contributed by atoms with Crippen LogP contribution in [0.15, 0.2) is 30.3 Å². The Labute approximate surface area is 121 Å². The zero-order valence-corrected chi connectivity index (χ0v) is 12.2. The molecule has 1 fully saturated rings. The van der Waals surface area contributed by atoms with Crippen LogP contribution in [-0.2, 0) is 4.79 Å². The maximum Gasteiger partial charge on any atom is 0.240 e. The highest BCUT2D eigenvalue weighted by molar-refractivity contribution is 5.94. The molecule has 1 unspecified atom stereocenters. The summed E-state index contributed by atoms with van der Waals surface area (Å²) in [6, 6.07) is 9.73. The number of hydrogen-bond acceptors (Lipinski definition) is 3. The van der Waals surface area contributed by atoms with E-state index < -0.39 is 0 Å². The number of aliphatic hydroxyl groups excluding tert-OH is 1. The van der Waals surface area contributed by atoms with Crippen molar-refractivity contribution in [2.45, 2.75) is 19.3 Å². The van der Waals surface area contributed by atoms with E-state index in [1.54, 1.807) is 4.90 Å². The fourth-order valence-electron chi connectivity index (χ4n) is 2.81. The second-order valence-corrected chi connectivity index (χ2v) is 5.54. The van der Waals surface area contributed by atoms with Crippen LogP contribution in [0.3, 0.4) is 0 Å². The average Bonchev–Trinajstić information content (AvgIpc) is 2.48. The molecule has 1 saturated heterocycles. The highest BCUT2D eigenvalue weighted by atomic mass is 16.3. The third-order valence-electron chi connectivity index (χ3n) is 4.02. The standard InChI is InChI=1S/C16H24N2O2/c1-17(15-7-3-2-4-8-15)16(20)13-18-10-5-6-14(12-18)9-11-19/h2-4,7-8,14,19H,5-6,9-13H2,1H3. The molecule has 4 heteroatoms. The number of carbonyl (C=O) groups excluding carboxylic acids is 1. The maximum absolute atomic E-state index is 12.3. The lowest BCUT2D eigenvalue weighted by Crippen LogP contribution is -2.43. The van der Waals surface area contributed by atoms with Gasteiger partial charge in [-0.05, 0) is 43.9 Å². The van der Waals surface area contributed by atoms with Gasteiger partial charge in [-0.3, -0.25) is 9.69 Å². The van der Waals surface area contributed by atoms with Gasteiger partial charge < -0.3 is 10.0 Å². The number of rotatable bonds is 5. The number of piperidine rings is 1. The first kappa shape index (κ1) is 15.0. The van der Waals surface area contributed by atoms with Crippen LogP contribution < -0.4 is 4.90 Å². The van der Waals surface area contributed by atoms with Crippen molar-refractivity contribution in [2.75, 3.05) is 38.2 Å². The van der Waals surface area contributed by atoms with Crippen LogP contribution in [0.5, 0.6) is 0 Å². The molecule has 1 aromatic rings. The van der Waals surface area contributed by atoms with E-state index >= 15 is 0 Å². The number of nitrogens with zero attached hydrogens (tertiary/aromatic N) is 2. The van der Waals surface area contributed by atoms with Crippen LogP contribution in [0.2, 0.25) is 0 Å². The SMILES string of the molecule is CN(C(=O)CN1CCCC(CCO)C1)c1ccccc1. The second-order valence-electron chi connectivity index (χ2n) is 5.54. The van der Waals surface area contributed by atoms with Gasteiger partial charge in [-0.1, -0.05) is 18.2 Å². The minimum atomic E-state index is 0.126. The topological polar surface area (TPSA) is 43.8 Å². The van der Waals surface area contributed by atoms with Crippen LogP contribution in [0, 0.1) is 5.92 Å². The van der Waals surface area contributed by atoms with Gasteiger partial charge in [0.25, 0.3) is 0 Å². The number of likely N-dealkylation sites (tertiary alicyclic amines) is 1. The van der Waals surface area contributed by atoms with Gasteiger partial charge in [0.1, 0.15) is 0 Å². The first-order chi connectivity index (χ1) is 9.70. The summed E-state index contributed by atoms with van der Waals surface area (Å²) >= 11 is 0. The molecule has 1 aliphatic rings. The van der Waals surface area contributed by atoms with E-state index in [4.69, 9.17) is 5.11 Å². The molecule has 0 saturated carbocycles. The Kier molecular flexibility index (Phi) is 5.56. The fraction of sp³-hybridized carbons (Fsp3) is 0.562. The molecule has 1 amide bonds. The third kappa shape index (κ3) is 4.05. The van der Waals surface area contributed by atoms with Gasteiger partial charge in [-0.15, -0.1) is 0 Å². The summed E-state index contributed by atoms with van der Waals surface area (Å²) in [5, 5.41) is 9.03. The van der Waals surface area contributed by atoms with Crippen LogP contribution in [-0.4, -0.2) is 49.2 Å². The number of anilines is 1. The highest BCUT2D eigenvalue weighted by Gasteiger charge is 2.22. The number of likely N-dealkylation sites (N-methyl/N-ethyl adjacent to an activating group) is 1. The molecule has 1 atom stereocenters. The molecule has 0 bridgehead atoms. The minimum absolute atomic E-state index is 0.126. The largest absolute Gasteiger partial charge is 0.396 e. The molecule has 1 N–H and O–H groups in total. The lowest BCUT2D eigenvalue weighted by atomic mass is 9.95. The number of carbonyl (C=O) groups is 1. The molecule has 1 aromatic carbocycles. The predicted octanol–water partition coefficient (Wildman–Crippen LogP) is 1.74. The summed E-state index contributed by atoms with van der Waals surface area (Å²) < 4.78 is 0. The molecule has 1 heterocycles. The average molecular weight is 276 g/mol. The van der Waals surface area contributed by atoms with E-state index in [0.717, 1.165) is 31.6 Å². The zero-order valence-electron chi connectivity index (χ0n) is 12.2. The molecular weight excluding hydrogens is 252 g/mol. The Hall–Kier alpha value is -1.39. The molecule has 110 valence electrons. The third-order valence-corrected chi connectivity index (χ3v) is 4.02. The Morgan fingerprint density at radius 1 is 1.40 bits per heavy atom. The van der Waals surface area contributed by atoms with Crippen molar-refractivity contribution in [3.8, 4) is 0 Å². The van der Waals surface area contributed by atoms with Crippen LogP contribution >= 0.6 is 0 Å². The quantitative estimate of drug-likeness (QED) is 0.891. The Bertz CT molecular complexity index is 420. The fourth-order valence-corrected chi connectivity index (χ4v) is 2.81. The molecule has 0 aliphatic carbocycles. The van der Waals surface area contributed by atoms with Crippen molar-refractivity contribution in [1.29, 1.82) is 0 Å². The van der Waals surface area contributed by atoms with E-state index in [2.05, 4.69) is 4.90 Å². The molecule has 0 radical (unpaired) electrons. The van der Waals surface area contributed by atoms with Crippen molar-refractivity contribution < 1.29 is 9.90 Å². The lowest BCUT2D eigenvalue weighted by molar-refractivity contribution is -0.119. The summed E-state index contributed by atoms with van der Waals surface area (Å²) in [5.74, 6) is 0.657. The zero-order chi connectivity index (χ0) is 14.4. The summed E-state index contributed by atoms with van der Waals surface area (Å²) in [6.07, 6.45) is 3.13. The van der Waals surface area contributed by atoms with Gasteiger partial charge in [0.05, 0.1) is 6.54 Å². The van der Waals surface area contributed by atoms with E-state index in [-0.39, 0.29) is 12.5 Å². The first-order valence-corrected chi connectivity index (χ1v) is 7.35. The van der Waals surface area contributed by atoms with E-state index in [1.807, 2.05) is 37.4 Å². The first-order valence-electron chi connectivity index (χ1n) is 7.35. The van der Waals surface area contributed by atoms with Gasteiger partial charge in [0.15, 0.2) is 0 Å². The molecule has 2 rings (SSSR count). The van der Waals surface area contributed by atoms with Crippen LogP contribution in [0.4, 0.5) is 5.69 Å². The van der Waals surface area contributed by atoms with Gasteiger partial charge in [0, 0.05) is 25.9 Å². The normalized spacial score (nSPS) is 19.8. The van der Waals surface area contributed by atoms with Gasteiger partial charge in [0.2, 0.25) is 5.91 Å². The number of aliphatic hydroxyl groups is 1. The van der Waals surface area contributed by atoms with Crippen molar-refractivity contribution in [3.63, 3.8) is 0 Å². The number of para-hydroxylation sites is 1. The summed E-state index contributed by atoms with van der Waals surface area (Å²) in [6.45, 7) is 2.62. The molecular formula is C16H24N2O2. The van der Waals surface area contributed by atoms with Gasteiger partial charge in [-0.25, -0.2) is 0 Å². The van der Waals surface area contributed by atoms with Crippen molar-refractivity contribution >= 4 is 11.6 Å². The number of hydrogen-bond donors (Lipinski definition) is 1. The monoisotopic (exact) mass is 276 g/mol. The molecule has 4 nitrogen and oxygen atoms in total. The predicted molar refractivity (Wildman–Crippen MR) is 80.7 cm³/mol. The van der Waals surface area contributed by atoms with E-state index in [9.17, 15) is 4.79 Å². The van der Waals surface area contributed by atoms with Gasteiger partial charge in [-0.2, -0.15) is 0 Å². The van der Waals surface area contributed by atoms with Crippen molar-refractivity contribution in [2.24, 2.45) is 5.92 Å². The Morgan fingerprint density at radius 2 is 2.15 bits per heavy atom.